The fourth-order valence-electron chi connectivity index (χ4n) is 3.31. The van der Waals surface area contributed by atoms with Crippen LogP contribution in [0.5, 0.6) is 0 Å². The van der Waals surface area contributed by atoms with Gasteiger partial charge in [0.25, 0.3) is 5.91 Å². The minimum Gasteiger partial charge on any atom is -0.360 e. The van der Waals surface area contributed by atoms with E-state index in [1.165, 1.54) is 16.4 Å². The number of hydrogen-bond donors (Lipinski definition) is 1. The van der Waals surface area contributed by atoms with E-state index in [9.17, 15) is 13.2 Å². The summed E-state index contributed by atoms with van der Waals surface area (Å²) in [4.78, 5) is 17.9. The van der Waals surface area contributed by atoms with Crippen LogP contribution in [0.15, 0.2) is 59.6 Å². The molecule has 4 rings (SSSR count). The molecule has 1 fully saturated rings. The summed E-state index contributed by atoms with van der Waals surface area (Å²) in [5.41, 5.74) is 1.52. The van der Waals surface area contributed by atoms with Gasteiger partial charge >= 0.3 is 0 Å². The molecule has 1 saturated heterocycles. The van der Waals surface area contributed by atoms with Gasteiger partial charge in [0.05, 0.1) is 10.5 Å². The Morgan fingerprint density at radius 3 is 2.33 bits per heavy atom. The summed E-state index contributed by atoms with van der Waals surface area (Å²) in [6, 6.07) is 13.7. The normalized spacial score (nSPS) is 16.0. The Kier molecular flexibility index (Phi) is 4.67. The standard InChI is InChI=1S/C19H18ClN3O3S/c20-14-5-7-15(8-6-14)27(25,26)23-11-9-22(10-12-23)19(24)17-13-21-18-4-2-1-3-16(17)18/h1-8,13,21H,9-12H2. The predicted octanol–water partition coefficient (Wildman–Crippen LogP) is 2.97. The Labute approximate surface area is 162 Å². The van der Waals surface area contributed by atoms with Crippen LogP contribution in [0.2, 0.25) is 5.02 Å². The van der Waals surface area contributed by atoms with E-state index in [1.807, 2.05) is 24.3 Å². The molecule has 27 heavy (non-hydrogen) atoms. The van der Waals surface area contributed by atoms with Crippen molar-refractivity contribution in [3.8, 4) is 0 Å². The molecule has 1 aliphatic heterocycles. The second-order valence-corrected chi connectivity index (χ2v) is 8.77. The van der Waals surface area contributed by atoms with Crippen LogP contribution in [0.25, 0.3) is 10.9 Å². The molecule has 1 N–H and O–H groups in total. The number of H-pyrrole nitrogens is 1. The number of para-hydroxylation sites is 1. The Morgan fingerprint density at radius 2 is 1.63 bits per heavy atom. The van der Waals surface area contributed by atoms with Crippen LogP contribution in [-0.2, 0) is 10.0 Å². The number of aromatic amines is 1. The van der Waals surface area contributed by atoms with Crippen molar-refractivity contribution in [2.75, 3.05) is 26.2 Å². The molecule has 0 bridgehead atoms. The maximum atomic E-state index is 12.9. The van der Waals surface area contributed by atoms with Crippen LogP contribution in [0, 0.1) is 0 Å². The number of piperazine rings is 1. The molecule has 3 aromatic rings. The highest BCUT2D eigenvalue weighted by Gasteiger charge is 2.31. The second-order valence-electron chi connectivity index (χ2n) is 6.40. The van der Waals surface area contributed by atoms with Crippen LogP contribution in [-0.4, -0.2) is 54.7 Å². The smallest absolute Gasteiger partial charge is 0.256 e. The number of carbonyl (C=O) groups excluding carboxylic acids is 1. The number of nitrogens with zero attached hydrogens (tertiary/aromatic N) is 2. The Hall–Kier alpha value is -2.35. The first-order valence-corrected chi connectivity index (χ1v) is 10.4. The highest BCUT2D eigenvalue weighted by Crippen LogP contribution is 2.22. The summed E-state index contributed by atoms with van der Waals surface area (Å²) in [6.07, 6.45) is 1.71. The van der Waals surface area contributed by atoms with Crippen LogP contribution in [0.1, 0.15) is 10.4 Å². The van der Waals surface area contributed by atoms with E-state index < -0.39 is 10.0 Å². The van der Waals surface area contributed by atoms with E-state index in [0.29, 0.717) is 23.7 Å². The third-order valence-corrected chi connectivity index (χ3v) is 6.96. The van der Waals surface area contributed by atoms with E-state index in [2.05, 4.69) is 4.98 Å². The summed E-state index contributed by atoms with van der Waals surface area (Å²) < 4.78 is 26.9. The molecule has 0 radical (unpaired) electrons. The summed E-state index contributed by atoms with van der Waals surface area (Å²) in [7, 11) is -3.59. The van der Waals surface area contributed by atoms with Gasteiger partial charge in [-0.2, -0.15) is 4.31 Å². The van der Waals surface area contributed by atoms with Gasteiger partial charge in [0.1, 0.15) is 0 Å². The van der Waals surface area contributed by atoms with Gasteiger partial charge in [-0.3, -0.25) is 4.79 Å². The number of fused-ring (bicyclic) bond motifs is 1. The summed E-state index contributed by atoms with van der Waals surface area (Å²) in [6.45, 7) is 1.23. The summed E-state index contributed by atoms with van der Waals surface area (Å²) in [5.74, 6) is -0.0870. The number of amides is 1. The van der Waals surface area contributed by atoms with Crippen molar-refractivity contribution in [3.63, 3.8) is 0 Å². The zero-order valence-electron chi connectivity index (χ0n) is 14.4. The molecule has 0 unspecified atom stereocenters. The van der Waals surface area contributed by atoms with Crippen molar-refractivity contribution in [1.82, 2.24) is 14.2 Å². The van der Waals surface area contributed by atoms with Crippen molar-refractivity contribution in [1.29, 1.82) is 0 Å². The fraction of sp³-hybridized carbons (Fsp3) is 0.211. The average molecular weight is 404 g/mol. The van der Waals surface area contributed by atoms with Crippen LogP contribution in [0.4, 0.5) is 0 Å². The molecule has 0 spiro atoms. The lowest BCUT2D eigenvalue weighted by atomic mass is 10.1. The first-order chi connectivity index (χ1) is 13.0. The van der Waals surface area contributed by atoms with E-state index in [4.69, 9.17) is 11.6 Å². The number of aromatic nitrogens is 1. The van der Waals surface area contributed by atoms with Gasteiger partial charge in [-0.15, -0.1) is 0 Å². The molecule has 1 aliphatic rings. The fourth-order valence-corrected chi connectivity index (χ4v) is 4.85. The SMILES string of the molecule is O=C(c1c[nH]c2ccccc12)N1CCN(S(=O)(=O)c2ccc(Cl)cc2)CC1. The molecular formula is C19H18ClN3O3S. The maximum absolute atomic E-state index is 12.9. The maximum Gasteiger partial charge on any atom is 0.256 e. The number of benzene rings is 2. The Morgan fingerprint density at radius 1 is 0.963 bits per heavy atom. The number of hydrogen-bond acceptors (Lipinski definition) is 3. The monoisotopic (exact) mass is 403 g/mol. The minimum absolute atomic E-state index is 0.0870. The number of nitrogens with one attached hydrogen (secondary N) is 1. The van der Waals surface area contributed by atoms with Crippen molar-refractivity contribution < 1.29 is 13.2 Å². The third-order valence-electron chi connectivity index (χ3n) is 4.80. The highest BCUT2D eigenvalue weighted by atomic mass is 35.5. The lowest BCUT2D eigenvalue weighted by Gasteiger charge is -2.34. The topological polar surface area (TPSA) is 73.5 Å². The lowest BCUT2D eigenvalue weighted by molar-refractivity contribution is 0.0700. The number of halogens is 1. The summed E-state index contributed by atoms with van der Waals surface area (Å²) >= 11 is 5.84. The first-order valence-electron chi connectivity index (χ1n) is 8.58. The molecule has 2 aromatic carbocycles. The minimum atomic E-state index is -3.59. The van der Waals surface area contributed by atoms with Crippen molar-refractivity contribution in [2.24, 2.45) is 0 Å². The quantitative estimate of drug-likeness (QED) is 0.730. The molecule has 0 atom stereocenters. The lowest BCUT2D eigenvalue weighted by Crippen LogP contribution is -2.50. The molecule has 0 aliphatic carbocycles. The van der Waals surface area contributed by atoms with Crippen molar-refractivity contribution in [2.45, 2.75) is 4.90 Å². The van der Waals surface area contributed by atoms with Gasteiger partial charge in [-0.25, -0.2) is 8.42 Å². The zero-order chi connectivity index (χ0) is 19.0. The number of sulfonamides is 1. The average Bonchev–Trinajstić information content (AvgIpc) is 3.12. The third kappa shape index (κ3) is 3.34. The largest absolute Gasteiger partial charge is 0.360 e. The Bertz CT molecular complexity index is 1080. The number of carbonyl (C=O) groups is 1. The molecule has 2 heterocycles. The van der Waals surface area contributed by atoms with Crippen LogP contribution in [0.3, 0.4) is 0 Å². The summed E-state index contributed by atoms with van der Waals surface area (Å²) in [5, 5.41) is 1.36. The number of rotatable bonds is 3. The van der Waals surface area contributed by atoms with E-state index >= 15 is 0 Å². The molecule has 6 nitrogen and oxygen atoms in total. The van der Waals surface area contributed by atoms with E-state index in [0.717, 1.165) is 10.9 Å². The molecule has 140 valence electrons. The van der Waals surface area contributed by atoms with E-state index in [1.54, 1.807) is 23.2 Å². The van der Waals surface area contributed by atoms with Gasteiger partial charge in [0, 0.05) is 48.3 Å². The molecule has 1 amide bonds. The van der Waals surface area contributed by atoms with Gasteiger partial charge in [-0.1, -0.05) is 29.8 Å². The second kappa shape index (κ2) is 6.99. The zero-order valence-corrected chi connectivity index (χ0v) is 16.0. The van der Waals surface area contributed by atoms with Gasteiger partial charge < -0.3 is 9.88 Å². The molecule has 0 saturated carbocycles. The molecule has 8 heteroatoms. The Balaban J connectivity index is 1.48. The van der Waals surface area contributed by atoms with Gasteiger partial charge in [-0.05, 0) is 30.3 Å². The first kappa shape index (κ1) is 18.0. The van der Waals surface area contributed by atoms with E-state index in [-0.39, 0.29) is 23.9 Å². The highest BCUT2D eigenvalue weighted by molar-refractivity contribution is 7.89. The van der Waals surface area contributed by atoms with Crippen molar-refractivity contribution in [3.05, 3.63) is 65.3 Å². The molecular weight excluding hydrogens is 386 g/mol. The van der Waals surface area contributed by atoms with Gasteiger partial charge in [0.2, 0.25) is 10.0 Å². The predicted molar refractivity (Wildman–Crippen MR) is 104 cm³/mol. The van der Waals surface area contributed by atoms with Crippen LogP contribution < -0.4 is 0 Å². The van der Waals surface area contributed by atoms with Crippen LogP contribution >= 0.6 is 11.6 Å². The van der Waals surface area contributed by atoms with Gasteiger partial charge in [0.15, 0.2) is 0 Å². The molecule has 1 aromatic heterocycles. The van der Waals surface area contributed by atoms with Crippen molar-refractivity contribution >= 4 is 38.4 Å².